The minimum absolute atomic E-state index is 0.143. The van der Waals surface area contributed by atoms with Crippen LogP contribution in [-0.4, -0.2) is 11.8 Å². The van der Waals surface area contributed by atoms with Crippen LogP contribution in [0.3, 0.4) is 0 Å². The highest BCUT2D eigenvalue weighted by Crippen LogP contribution is 2.24. The molecule has 3 rings (SSSR count). The molecule has 1 aromatic heterocycles. The van der Waals surface area contributed by atoms with E-state index in [1.165, 1.54) is 13.0 Å². The summed E-state index contributed by atoms with van der Waals surface area (Å²) < 4.78 is 6.74. The molecular formula is C21H17BrN2O3. The maximum atomic E-state index is 12.0. The first-order valence-corrected chi connectivity index (χ1v) is 9.01. The molecule has 0 aliphatic heterocycles. The largest absolute Gasteiger partial charge is 0.457 e. The van der Waals surface area contributed by atoms with Crippen LogP contribution in [0.5, 0.6) is 0 Å². The quantitative estimate of drug-likeness (QED) is 0.544. The van der Waals surface area contributed by atoms with Crippen molar-refractivity contribution >= 4 is 45.2 Å². The Labute approximate surface area is 165 Å². The van der Waals surface area contributed by atoms with Gasteiger partial charge in [0.05, 0.1) is 0 Å². The number of hydrogen-bond acceptors (Lipinski definition) is 3. The first-order chi connectivity index (χ1) is 13.0. The molecule has 2 amide bonds. The van der Waals surface area contributed by atoms with Gasteiger partial charge in [0.1, 0.15) is 11.5 Å². The van der Waals surface area contributed by atoms with Crippen LogP contribution in [0.1, 0.15) is 12.7 Å². The predicted octanol–water partition coefficient (Wildman–Crippen LogP) is 5.32. The van der Waals surface area contributed by atoms with Crippen molar-refractivity contribution in [2.24, 2.45) is 0 Å². The van der Waals surface area contributed by atoms with Crippen LogP contribution >= 0.6 is 15.9 Å². The average molecular weight is 425 g/mol. The third kappa shape index (κ3) is 5.43. The summed E-state index contributed by atoms with van der Waals surface area (Å²) in [6, 6.07) is 18.3. The lowest BCUT2D eigenvalue weighted by molar-refractivity contribution is -0.114. The van der Waals surface area contributed by atoms with E-state index in [2.05, 4.69) is 26.6 Å². The Morgan fingerprint density at radius 1 is 0.889 bits per heavy atom. The summed E-state index contributed by atoms with van der Waals surface area (Å²) in [4.78, 5) is 23.1. The molecule has 1 heterocycles. The van der Waals surface area contributed by atoms with Gasteiger partial charge in [0.2, 0.25) is 11.8 Å². The highest BCUT2D eigenvalue weighted by Gasteiger charge is 2.04. The van der Waals surface area contributed by atoms with Crippen molar-refractivity contribution in [2.45, 2.75) is 6.92 Å². The van der Waals surface area contributed by atoms with Gasteiger partial charge < -0.3 is 15.1 Å². The van der Waals surface area contributed by atoms with E-state index in [-0.39, 0.29) is 11.8 Å². The summed E-state index contributed by atoms with van der Waals surface area (Å²) in [7, 11) is 0. The predicted molar refractivity (Wildman–Crippen MR) is 110 cm³/mol. The number of carbonyl (C=O) groups excluding carboxylic acids is 2. The fraction of sp³-hybridized carbons (Fsp3) is 0.0476. The number of furan rings is 1. The smallest absolute Gasteiger partial charge is 0.248 e. The summed E-state index contributed by atoms with van der Waals surface area (Å²) in [6.07, 6.45) is 3.02. The molecule has 0 bridgehead atoms. The monoisotopic (exact) mass is 424 g/mol. The number of anilines is 2. The third-order valence-electron chi connectivity index (χ3n) is 3.63. The topological polar surface area (TPSA) is 71.3 Å². The van der Waals surface area contributed by atoms with Gasteiger partial charge in [0.25, 0.3) is 0 Å². The SMILES string of the molecule is CC(=O)Nc1ccc(NC(=O)/C=C/c2ccc(-c3ccc(Br)cc3)o2)cc1. The summed E-state index contributed by atoms with van der Waals surface area (Å²) in [5, 5.41) is 5.42. The van der Waals surface area contributed by atoms with E-state index in [9.17, 15) is 9.59 Å². The maximum absolute atomic E-state index is 12.0. The van der Waals surface area contributed by atoms with Crippen molar-refractivity contribution in [1.82, 2.24) is 0 Å². The highest BCUT2D eigenvalue weighted by molar-refractivity contribution is 9.10. The summed E-state index contributed by atoms with van der Waals surface area (Å²) in [5.74, 6) is 0.903. The Morgan fingerprint density at radius 2 is 1.52 bits per heavy atom. The van der Waals surface area contributed by atoms with Gasteiger partial charge in [-0.15, -0.1) is 0 Å². The Hall–Kier alpha value is -3.12. The van der Waals surface area contributed by atoms with Gasteiger partial charge in [-0.05, 0) is 54.6 Å². The molecule has 6 heteroatoms. The molecule has 136 valence electrons. The van der Waals surface area contributed by atoms with Crippen molar-refractivity contribution in [3.05, 3.63) is 77.0 Å². The minimum atomic E-state index is -0.274. The van der Waals surface area contributed by atoms with Crippen molar-refractivity contribution in [1.29, 1.82) is 0 Å². The molecule has 5 nitrogen and oxygen atoms in total. The van der Waals surface area contributed by atoms with Gasteiger partial charge in [-0.1, -0.05) is 28.1 Å². The second kappa shape index (κ2) is 8.51. The molecule has 0 spiro atoms. The Balaban J connectivity index is 1.60. The zero-order valence-corrected chi connectivity index (χ0v) is 16.1. The lowest BCUT2D eigenvalue weighted by Crippen LogP contribution is -2.08. The zero-order valence-electron chi connectivity index (χ0n) is 14.5. The van der Waals surface area contributed by atoms with Crippen LogP contribution in [0.4, 0.5) is 11.4 Å². The molecule has 27 heavy (non-hydrogen) atoms. The molecule has 0 radical (unpaired) electrons. The van der Waals surface area contributed by atoms with Crippen LogP contribution in [0, 0.1) is 0 Å². The van der Waals surface area contributed by atoms with Gasteiger partial charge in [-0.3, -0.25) is 9.59 Å². The number of halogens is 1. The fourth-order valence-corrected chi connectivity index (χ4v) is 2.66. The molecule has 0 aliphatic rings. The van der Waals surface area contributed by atoms with Crippen LogP contribution < -0.4 is 10.6 Å². The standard InChI is InChI=1S/C21H17BrN2O3/c1-14(25)23-17-6-8-18(9-7-17)24-21(26)13-11-19-10-12-20(27-19)15-2-4-16(22)5-3-15/h2-13H,1H3,(H,23,25)(H,24,26)/b13-11+. The molecule has 0 saturated heterocycles. The van der Waals surface area contributed by atoms with E-state index in [1.54, 1.807) is 30.3 Å². The molecule has 2 N–H and O–H groups in total. The Morgan fingerprint density at radius 3 is 2.15 bits per heavy atom. The van der Waals surface area contributed by atoms with Crippen LogP contribution in [-0.2, 0) is 9.59 Å². The van der Waals surface area contributed by atoms with Crippen LogP contribution in [0.2, 0.25) is 0 Å². The first-order valence-electron chi connectivity index (χ1n) is 8.22. The van der Waals surface area contributed by atoms with Gasteiger partial charge in [0, 0.05) is 34.4 Å². The Kier molecular flexibility index (Phi) is 5.88. The molecule has 3 aromatic rings. The van der Waals surface area contributed by atoms with E-state index in [0.29, 0.717) is 17.1 Å². The van der Waals surface area contributed by atoms with Crippen molar-refractivity contribution in [2.75, 3.05) is 10.6 Å². The lowest BCUT2D eigenvalue weighted by atomic mass is 10.2. The zero-order chi connectivity index (χ0) is 19.2. The van der Waals surface area contributed by atoms with E-state index >= 15 is 0 Å². The van der Waals surface area contributed by atoms with Gasteiger partial charge >= 0.3 is 0 Å². The van der Waals surface area contributed by atoms with Crippen LogP contribution in [0.25, 0.3) is 17.4 Å². The summed E-state index contributed by atoms with van der Waals surface area (Å²) in [6.45, 7) is 1.44. The average Bonchev–Trinajstić information content (AvgIpc) is 3.11. The molecule has 2 aromatic carbocycles. The summed E-state index contributed by atoms with van der Waals surface area (Å²) >= 11 is 3.40. The van der Waals surface area contributed by atoms with Crippen molar-refractivity contribution < 1.29 is 14.0 Å². The number of carbonyl (C=O) groups is 2. The van der Waals surface area contributed by atoms with Crippen molar-refractivity contribution in [3.63, 3.8) is 0 Å². The van der Waals surface area contributed by atoms with E-state index in [1.807, 2.05) is 36.4 Å². The van der Waals surface area contributed by atoms with Crippen molar-refractivity contribution in [3.8, 4) is 11.3 Å². The second-order valence-corrected chi connectivity index (χ2v) is 6.71. The van der Waals surface area contributed by atoms with Gasteiger partial charge in [-0.25, -0.2) is 0 Å². The minimum Gasteiger partial charge on any atom is -0.457 e. The number of benzene rings is 2. The van der Waals surface area contributed by atoms with E-state index < -0.39 is 0 Å². The molecule has 0 saturated carbocycles. The molecule has 0 fully saturated rings. The van der Waals surface area contributed by atoms with Gasteiger partial charge in [-0.2, -0.15) is 0 Å². The van der Waals surface area contributed by atoms with E-state index in [0.717, 1.165) is 15.8 Å². The van der Waals surface area contributed by atoms with Crippen LogP contribution in [0.15, 0.2) is 75.6 Å². The molecule has 0 unspecified atom stereocenters. The Bertz CT molecular complexity index is 973. The maximum Gasteiger partial charge on any atom is 0.248 e. The lowest BCUT2D eigenvalue weighted by Gasteiger charge is -2.05. The summed E-state index contributed by atoms with van der Waals surface area (Å²) in [5.41, 5.74) is 2.27. The number of hydrogen-bond donors (Lipinski definition) is 2. The van der Waals surface area contributed by atoms with E-state index in [4.69, 9.17) is 4.42 Å². The fourth-order valence-electron chi connectivity index (χ4n) is 2.39. The number of nitrogens with one attached hydrogen (secondary N) is 2. The number of amides is 2. The third-order valence-corrected chi connectivity index (χ3v) is 4.16. The molecule has 0 atom stereocenters. The molecular weight excluding hydrogens is 408 g/mol. The normalized spacial score (nSPS) is 10.7. The second-order valence-electron chi connectivity index (χ2n) is 5.79. The highest BCUT2D eigenvalue weighted by atomic mass is 79.9. The number of rotatable bonds is 5. The van der Waals surface area contributed by atoms with Gasteiger partial charge in [0.15, 0.2) is 0 Å². The molecule has 0 aliphatic carbocycles. The first kappa shape index (κ1) is 18.7.